The van der Waals surface area contributed by atoms with Crippen LogP contribution in [0.2, 0.25) is 0 Å². The molecule has 0 unspecified atom stereocenters. The van der Waals surface area contributed by atoms with Crippen molar-refractivity contribution >= 4 is 5.96 Å². The summed E-state index contributed by atoms with van der Waals surface area (Å²) in [6.07, 6.45) is 6.22. The highest BCUT2D eigenvalue weighted by atomic mass is 16.5. The molecular weight excluding hydrogens is 338 g/mol. The molecule has 0 saturated heterocycles. The van der Waals surface area contributed by atoms with Gasteiger partial charge in [-0.05, 0) is 36.1 Å². The van der Waals surface area contributed by atoms with Gasteiger partial charge in [0.15, 0.2) is 17.5 Å². The summed E-state index contributed by atoms with van der Waals surface area (Å²) in [6.45, 7) is 1.02. The van der Waals surface area contributed by atoms with E-state index >= 15 is 0 Å². The molecule has 0 heterocycles. The van der Waals surface area contributed by atoms with E-state index in [0.717, 1.165) is 16.9 Å². The Balaban J connectivity index is 1.57. The van der Waals surface area contributed by atoms with E-state index in [1.807, 2.05) is 48.5 Å². The number of rotatable bonds is 7. The minimum atomic E-state index is 0.464. The minimum Gasteiger partial charge on any atom is -0.493 e. The Bertz CT molecular complexity index is 740. The lowest BCUT2D eigenvalue weighted by atomic mass is 9.96. The topological polar surface area (TPSA) is 68.9 Å². The van der Waals surface area contributed by atoms with Gasteiger partial charge < -0.3 is 20.5 Å². The van der Waals surface area contributed by atoms with E-state index in [-0.39, 0.29) is 0 Å². The summed E-state index contributed by atoms with van der Waals surface area (Å²) in [6, 6.07) is 16.4. The number of benzene rings is 2. The van der Waals surface area contributed by atoms with Crippen molar-refractivity contribution in [3.63, 3.8) is 0 Å². The average molecular weight is 367 g/mol. The van der Waals surface area contributed by atoms with Crippen LogP contribution in [-0.2, 0) is 13.2 Å². The van der Waals surface area contributed by atoms with Gasteiger partial charge in [0.05, 0.1) is 13.7 Å². The van der Waals surface area contributed by atoms with Gasteiger partial charge in [-0.1, -0.05) is 55.7 Å². The van der Waals surface area contributed by atoms with E-state index in [9.17, 15) is 0 Å². The van der Waals surface area contributed by atoms with Gasteiger partial charge in [0.25, 0.3) is 0 Å². The van der Waals surface area contributed by atoms with E-state index in [0.29, 0.717) is 30.9 Å². The van der Waals surface area contributed by atoms with Crippen molar-refractivity contribution in [2.45, 2.75) is 51.3 Å². The van der Waals surface area contributed by atoms with Gasteiger partial charge in [0.1, 0.15) is 6.61 Å². The molecule has 0 amide bonds. The molecule has 3 N–H and O–H groups in total. The monoisotopic (exact) mass is 367 g/mol. The van der Waals surface area contributed by atoms with Gasteiger partial charge >= 0.3 is 0 Å². The fourth-order valence-corrected chi connectivity index (χ4v) is 3.34. The summed E-state index contributed by atoms with van der Waals surface area (Å²) in [5.41, 5.74) is 8.20. The van der Waals surface area contributed by atoms with Gasteiger partial charge in [0.2, 0.25) is 0 Å². The Hall–Kier alpha value is -2.69. The predicted molar refractivity (Wildman–Crippen MR) is 109 cm³/mol. The molecule has 0 aliphatic heterocycles. The summed E-state index contributed by atoms with van der Waals surface area (Å²) in [5.74, 6) is 1.95. The van der Waals surface area contributed by atoms with E-state index in [1.165, 1.54) is 32.1 Å². The van der Waals surface area contributed by atoms with E-state index in [1.54, 1.807) is 7.11 Å². The van der Waals surface area contributed by atoms with E-state index in [2.05, 4.69) is 10.3 Å². The Morgan fingerprint density at radius 1 is 1.04 bits per heavy atom. The normalized spacial score (nSPS) is 15.4. The summed E-state index contributed by atoms with van der Waals surface area (Å²) < 4.78 is 11.4. The highest BCUT2D eigenvalue weighted by molar-refractivity contribution is 5.78. The number of guanidine groups is 1. The molecule has 0 radical (unpaired) electrons. The Labute approximate surface area is 161 Å². The molecule has 0 spiro atoms. The maximum absolute atomic E-state index is 6.05. The molecule has 0 aromatic heterocycles. The number of nitrogens with one attached hydrogen (secondary N) is 1. The van der Waals surface area contributed by atoms with Crippen LogP contribution in [0.5, 0.6) is 11.5 Å². The summed E-state index contributed by atoms with van der Waals surface area (Å²) in [5, 5.41) is 3.34. The minimum absolute atomic E-state index is 0.464. The van der Waals surface area contributed by atoms with Crippen LogP contribution >= 0.6 is 0 Å². The van der Waals surface area contributed by atoms with E-state index < -0.39 is 0 Å². The molecule has 1 fully saturated rings. The fraction of sp³-hybridized carbons (Fsp3) is 0.409. The first-order chi connectivity index (χ1) is 13.2. The number of aliphatic imine (C=N–C) groups is 1. The van der Waals surface area contributed by atoms with Crippen molar-refractivity contribution in [1.29, 1.82) is 0 Å². The zero-order chi connectivity index (χ0) is 18.9. The van der Waals surface area contributed by atoms with Crippen molar-refractivity contribution in [1.82, 2.24) is 5.32 Å². The van der Waals surface area contributed by atoms with Crippen molar-refractivity contribution in [2.75, 3.05) is 7.11 Å². The van der Waals surface area contributed by atoms with Gasteiger partial charge in [-0.15, -0.1) is 0 Å². The molecule has 0 atom stereocenters. The second-order valence-corrected chi connectivity index (χ2v) is 6.94. The van der Waals surface area contributed by atoms with Crippen LogP contribution in [-0.4, -0.2) is 19.1 Å². The van der Waals surface area contributed by atoms with Crippen molar-refractivity contribution < 1.29 is 9.47 Å². The number of nitrogens with two attached hydrogens (primary N) is 1. The summed E-state index contributed by atoms with van der Waals surface area (Å²) in [4.78, 5) is 4.47. The lowest BCUT2D eigenvalue weighted by Gasteiger charge is -2.23. The molecule has 144 valence electrons. The second-order valence-electron chi connectivity index (χ2n) is 6.94. The lowest BCUT2D eigenvalue weighted by molar-refractivity contribution is 0.284. The molecule has 1 aliphatic rings. The van der Waals surface area contributed by atoms with Crippen molar-refractivity contribution in [3.8, 4) is 11.5 Å². The first-order valence-electron chi connectivity index (χ1n) is 9.64. The van der Waals surface area contributed by atoms with Gasteiger partial charge in [-0.3, -0.25) is 0 Å². The number of nitrogens with zero attached hydrogens (tertiary/aromatic N) is 1. The summed E-state index contributed by atoms with van der Waals surface area (Å²) >= 11 is 0. The van der Waals surface area contributed by atoms with Crippen LogP contribution in [0, 0.1) is 0 Å². The molecule has 2 aromatic rings. The largest absolute Gasteiger partial charge is 0.493 e. The highest BCUT2D eigenvalue weighted by Gasteiger charge is 2.13. The fourth-order valence-electron chi connectivity index (χ4n) is 3.34. The Morgan fingerprint density at radius 2 is 1.81 bits per heavy atom. The van der Waals surface area contributed by atoms with Gasteiger partial charge in [-0.2, -0.15) is 0 Å². The molecule has 5 heteroatoms. The third-order valence-electron chi connectivity index (χ3n) is 4.85. The molecule has 0 bridgehead atoms. The van der Waals surface area contributed by atoms with Gasteiger partial charge in [0, 0.05) is 6.04 Å². The SMILES string of the molecule is COc1cc(CN=C(N)NC2CCCCC2)ccc1OCc1ccccc1. The van der Waals surface area contributed by atoms with Crippen LogP contribution in [0.3, 0.4) is 0 Å². The second kappa shape index (κ2) is 9.86. The Kier molecular flexibility index (Phi) is 6.97. The molecule has 1 saturated carbocycles. The highest BCUT2D eigenvalue weighted by Crippen LogP contribution is 2.29. The third kappa shape index (κ3) is 5.91. The van der Waals surface area contributed by atoms with Crippen LogP contribution in [0.4, 0.5) is 0 Å². The molecular formula is C22H29N3O2. The number of ether oxygens (including phenoxy) is 2. The molecule has 5 nitrogen and oxygen atoms in total. The number of methoxy groups -OCH3 is 1. The Morgan fingerprint density at radius 3 is 2.56 bits per heavy atom. The lowest BCUT2D eigenvalue weighted by Crippen LogP contribution is -2.41. The van der Waals surface area contributed by atoms with Crippen LogP contribution in [0.25, 0.3) is 0 Å². The maximum Gasteiger partial charge on any atom is 0.189 e. The predicted octanol–water partition coefficient (Wildman–Crippen LogP) is 4.01. The van der Waals surface area contributed by atoms with Crippen molar-refractivity contribution in [3.05, 3.63) is 59.7 Å². The number of hydrogen-bond donors (Lipinski definition) is 2. The molecule has 3 rings (SSSR count). The first kappa shape index (κ1) is 19.1. The zero-order valence-corrected chi connectivity index (χ0v) is 16.0. The molecule has 2 aromatic carbocycles. The number of hydrogen-bond acceptors (Lipinski definition) is 3. The zero-order valence-electron chi connectivity index (χ0n) is 16.0. The molecule has 1 aliphatic carbocycles. The van der Waals surface area contributed by atoms with Crippen molar-refractivity contribution in [2.24, 2.45) is 10.7 Å². The van der Waals surface area contributed by atoms with Gasteiger partial charge in [-0.25, -0.2) is 4.99 Å². The average Bonchev–Trinajstić information content (AvgIpc) is 2.72. The van der Waals surface area contributed by atoms with Crippen LogP contribution in [0.15, 0.2) is 53.5 Å². The van der Waals surface area contributed by atoms with Crippen LogP contribution < -0.4 is 20.5 Å². The third-order valence-corrected chi connectivity index (χ3v) is 4.85. The molecule has 27 heavy (non-hydrogen) atoms. The maximum atomic E-state index is 6.05. The first-order valence-corrected chi connectivity index (χ1v) is 9.64. The van der Waals surface area contributed by atoms with Crippen LogP contribution in [0.1, 0.15) is 43.2 Å². The quantitative estimate of drug-likeness (QED) is 0.573. The summed E-state index contributed by atoms with van der Waals surface area (Å²) in [7, 11) is 1.65. The standard InChI is InChI=1S/C22H29N3O2/c1-26-21-14-18(15-24-22(23)25-19-10-6-3-7-11-19)12-13-20(21)27-16-17-8-4-2-5-9-17/h2,4-5,8-9,12-14,19H,3,6-7,10-11,15-16H2,1H3,(H3,23,24,25). The van der Waals surface area contributed by atoms with E-state index in [4.69, 9.17) is 15.2 Å². The smallest absolute Gasteiger partial charge is 0.189 e.